The molecule has 1 saturated heterocycles. The molecule has 0 radical (unpaired) electrons. The number of hydrogen-bond acceptors (Lipinski definition) is 3. The van der Waals surface area contributed by atoms with Crippen LogP contribution in [0.5, 0.6) is 0 Å². The van der Waals surface area contributed by atoms with Gasteiger partial charge in [-0.25, -0.2) is 4.98 Å². The summed E-state index contributed by atoms with van der Waals surface area (Å²) in [5.41, 5.74) is 7.39. The molecule has 20 heavy (non-hydrogen) atoms. The molecule has 2 N–H and O–H groups in total. The zero-order valence-corrected chi connectivity index (χ0v) is 11.9. The van der Waals surface area contributed by atoms with Crippen LogP contribution < -0.4 is 5.73 Å². The molecular formula is C16H22N4. The maximum absolute atomic E-state index is 6.09. The van der Waals surface area contributed by atoms with E-state index >= 15 is 0 Å². The molecule has 1 aliphatic heterocycles. The highest BCUT2D eigenvalue weighted by Crippen LogP contribution is 2.17. The van der Waals surface area contributed by atoms with Crippen LogP contribution in [-0.2, 0) is 13.1 Å². The topological polar surface area (TPSA) is 47.1 Å². The van der Waals surface area contributed by atoms with Gasteiger partial charge in [-0.1, -0.05) is 37.3 Å². The van der Waals surface area contributed by atoms with Crippen molar-refractivity contribution in [2.75, 3.05) is 13.1 Å². The van der Waals surface area contributed by atoms with E-state index < -0.39 is 0 Å². The summed E-state index contributed by atoms with van der Waals surface area (Å²) >= 11 is 0. The summed E-state index contributed by atoms with van der Waals surface area (Å²) in [4.78, 5) is 6.91. The number of benzene rings is 1. The number of hydrogen-bond donors (Lipinski definition) is 1. The molecule has 0 amide bonds. The second-order valence-electron chi connectivity index (χ2n) is 5.79. The summed E-state index contributed by atoms with van der Waals surface area (Å²) in [5.74, 6) is 1.70. The van der Waals surface area contributed by atoms with E-state index in [2.05, 4.69) is 51.8 Å². The van der Waals surface area contributed by atoms with Gasteiger partial charge in [-0.2, -0.15) is 0 Å². The highest BCUT2D eigenvalue weighted by atomic mass is 15.2. The monoisotopic (exact) mass is 270 g/mol. The van der Waals surface area contributed by atoms with Gasteiger partial charge < -0.3 is 10.3 Å². The Morgan fingerprint density at radius 3 is 2.70 bits per heavy atom. The molecule has 106 valence electrons. The zero-order chi connectivity index (χ0) is 13.9. The van der Waals surface area contributed by atoms with Gasteiger partial charge in [0.1, 0.15) is 5.82 Å². The van der Waals surface area contributed by atoms with Crippen LogP contribution in [0.3, 0.4) is 0 Å². The SMILES string of the molecule is CC1CN(Cc2nccn2Cc2ccccc2)CC1N. The number of nitrogens with two attached hydrogens (primary N) is 1. The molecule has 2 atom stereocenters. The van der Waals surface area contributed by atoms with Crippen molar-refractivity contribution in [1.82, 2.24) is 14.5 Å². The van der Waals surface area contributed by atoms with E-state index in [0.29, 0.717) is 12.0 Å². The van der Waals surface area contributed by atoms with E-state index in [-0.39, 0.29) is 0 Å². The first-order chi connectivity index (χ1) is 9.72. The molecule has 3 rings (SSSR count). The van der Waals surface area contributed by atoms with Crippen molar-refractivity contribution in [3.05, 3.63) is 54.1 Å². The second-order valence-corrected chi connectivity index (χ2v) is 5.79. The molecule has 1 fully saturated rings. The molecule has 1 aromatic carbocycles. The highest BCUT2D eigenvalue weighted by Gasteiger charge is 2.27. The Morgan fingerprint density at radius 2 is 2.00 bits per heavy atom. The Labute approximate surface area is 120 Å². The largest absolute Gasteiger partial charge is 0.329 e. The van der Waals surface area contributed by atoms with Crippen LogP contribution in [0.15, 0.2) is 42.7 Å². The average molecular weight is 270 g/mol. The predicted molar refractivity (Wildman–Crippen MR) is 80.2 cm³/mol. The third-order valence-corrected chi connectivity index (χ3v) is 4.11. The van der Waals surface area contributed by atoms with Gasteiger partial charge in [-0.15, -0.1) is 0 Å². The average Bonchev–Trinajstić information content (AvgIpc) is 2.99. The number of aromatic nitrogens is 2. The number of imidazole rings is 1. The molecule has 2 heterocycles. The standard InChI is InChI=1S/C16H22N4/c1-13-9-19(11-15(13)17)12-16-18-7-8-20(16)10-14-5-3-2-4-6-14/h2-8,13,15H,9-12,17H2,1H3. The summed E-state index contributed by atoms with van der Waals surface area (Å²) in [6, 6.07) is 10.8. The molecule has 0 saturated carbocycles. The lowest BCUT2D eigenvalue weighted by atomic mass is 10.1. The Bertz CT molecular complexity index is 539. The van der Waals surface area contributed by atoms with E-state index in [1.807, 2.05) is 12.3 Å². The third kappa shape index (κ3) is 2.92. The minimum absolute atomic E-state index is 0.299. The van der Waals surface area contributed by atoms with Gasteiger partial charge in [0.15, 0.2) is 0 Å². The number of likely N-dealkylation sites (tertiary alicyclic amines) is 1. The Hall–Kier alpha value is -1.65. The van der Waals surface area contributed by atoms with E-state index in [0.717, 1.165) is 32.0 Å². The maximum Gasteiger partial charge on any atom is 0.123 e. The van der Waals surface area contributed by atoms with Crippen molar-refractivity contribution < 1.29 is 0 Å². The fraction of sp³-hybridized carbons (Fsp3) is 0.438. The van der Waals surface area contributed by atoms with E-state index in [1.54, 1.807) is 0 Å². The number of nitrogens with zero attached hydrogens (tertiary/aromatic N) is 3. The third-order valence-electron chi connectivity index (χ3n) is 4.11. The highest BCUT2D eigenvalue weighted by molar-refractivity contribution is 5.15. The van der Waals surface area contributed by atoms with Gasteiger partial charge in [0.05, 0.1) is 6.54 Å². The zero-order valence-electron chi connectivity index (χ0n) is 11.9. The van der Waals surface area contributed by atoms with Gasteiger partial charge in [0.2, 0.25) is 0 Å². The van der Waals surface area contributed by atoms with Crippen LogP contribution in [0.1, 0.15) is 18.3 Å². The minimum atomic E-state index is 0.299. The quantitative estimate of drug-likeness (QED) is 0.920. The molecule has 4 nitrogen and oxygen atoms in total. The normalized spacial score (nSPS) is 23.3. The number of rotatable bonds is 4. The van der Waals surface area contributed by atoms with Gasteiger partial charge in [-0.3, -0.25) is 4.90 Å². The van der Waals surface area contributed by atoms with Gasteiger partial charge >= 0.3 is 0 Å². The molecule has 4 heteroatoms. The van der Waals surface area contributed by atoms with Gasteiger partial charge in [0.25, 0.3) is 0 Å². The smallest absolute Gasteiger partial charge is 0.123 e. The van der Waals surface area contributed by atoms with E-state index in [4.69, 9.17) is 5.73 Å². The summed E-state index contributed by atoms with van der Waals surface area (Å²) in [5, 5.41) is 0. The summed E-state index contributed by atoms with van der Waals surface area (Å²) in [6.45, 7) is 6.03. The van der Waals surface area contributed by atoms with E-state index in [9.17, 15) is 0 Å². The fourth-order valence-corrected chi connectivity index (χ4v) is 2.84. The molecule has 1 aromatic heterocycles. The molecule has 1 aliphatic rings. The lowest BCUT2D eigenvalue weighted by Crippen LogP contribution is -2.28. The van der Waals surface area contributed by atoms with Crippen molar-refractivity contribution in [2.45, 2.75) is 26.1 Å². The van der Waals surface area contributed by atoms with Crippen LogP contribution >= 0.6 is 0 Å². The molecule has 0 bridgehead atoms. The van der Waals surface area contributed by atoms with Crippen LogP contribution in [0.4, 0.5) is 0 Å². The lowest BCUT2D eigenvalue weighted by molar-refractivity contribution is 0.306. The van der Waals surface area contributed by atoms with Crippen molar-refractivity contribution in [3.8, 4) is 0 Å². The van der Waals surface area contributed by atoms with Crippen molar-refractivity contribution in [1.29, 1.82) is 0 Å². The Morgan fingerprint density at radius 1 is 1.20 bits per heavy atom. The van der Waals surface area contributed by atoms with Crippen molar-refractivity contribution >= 4 is 0 Å². The summed E-state index contributed by atoms with van der Waals surface area (Å²) in [7, 11) is 0. The van der Waals surface area contributed by atoms with Crippen molar-refractivity contribution in [2.24, 2.45) is 11.7 Å². The first kappa shape index (κ1) is 13.3. The summed E-state index contributed by atoms with van der Waals surface area (Å²) in [6.07, 6.45) is 3.94. The van der Waals surface area contributed by atoms with Crippen LogP contribution in [0.2, 0.25) is 0 Å². The maximum atomic E-state index is 6.09. The fourth-order valence-electron chi connectivity index (χ4n) is 2.84. The first-order valence-electron chi connectivity index (χ1n) is 7.24. The Balaban J connectivity index is 1.68. The van der Waals surface area contributed by atoms with Crippen LogP contribution in [0.25, 0.3) is 0 Å². The molecule has 2 aromatic rings. The van der Waals surface area contributed by atoms with Crippen LogP contribution in [-0.4, -0.2) is 33.6 Å². The molecule has 0 aliphatic carbocycles. The molecular weight excluding hydrogens is 248 g/mol. The van der Waals surface area contributed by atoms with Gasteiger partial charge in [-0.05, 0) is 11.5 Å². The molecule has 0 spiro atoms. The molecule has 2 unspecified atom stereocenters. The van der Waals surface area contributed by atoms with E-state index in [1.165, 1.54) is 5.56 Å². The van der Waals surface area contributed by atoms with Gasteiger partial charge in [0, 0.05) is 38.1 Å². The second kappa shape index (κ2) is 5.77. The summed E-state index contributed by atoms with van der Waals surface area (Å²) < 4.78 is 2.23. The van der Waals surface area contributed by atoms with Crippen molar-refractivity contribution in [3.63, 3.8) is 0 Å². The first-order valence-corrected chi connectivity index (χ1v) is 7.24. The minimum Gasteiger partial charge on any atom is -0.329 e. The predicted octanol–water partition coefficient (Wildman–Crippen LogP) is 1.71. The Kier molecular flexibility index (Phi) is 3.85. The van der Waals surface area contributed by atoms with Crippen LogP contribution in [0, 0.1) is 5.92 Å². The lowest BCUT2D eigenvalue weighted by Gasteiger charge is -2.16.